The average Bonchev–Trinajstić information content (AvgIpc) is 3.16. The molecular formula is C16H20N4O3. The number of rotatable bonds is 6. The van der Waals surface area contributed by atoms with Gasteiger partial charge in [-0.2, -0.15) is 4.98 Å². The number of carbonyl (C=O) groups excluding carboxylic acids is 1. The van der Waals surface area contributed by atoms with Crippen LogP contribution in [-0.2, 0) is 6.54 Å². The third-order valence-corrected chi connectivity index (χ3v) is 3.91. The second-order valence-electron chi connectivity index (χ2n) is 5.53. The summed E-state index contributed by atoms with van der Waals surface area (Å²) in [5.41, 5.74) is 6.34. The molecule has 1 aliphatic rings. The third kappa shape index (κ3) is 3.50. The monoisotopic (exact) mass is 316 g/mol. The van der Waals surface area contributed by atoms with Crippen molar-refractivity contribution >= 4 is 5.91 Å². The molecule has 3 rings (SSSR count). The SMILES string of the molecule is CCOc1cccc(CN2CCC[C@H]2c2nc(C(N)=O)no2)c1. The van der Waals surface area contributed by atoms with Crippen LogP contribution < -0.4 is 10.5 Å². The van der Waals surface area contributed by atoms with Gasteiger partial charge in [-0.25, -0.2) is 0 Å². The van der Waals surface area contributed by atoms with Crippen molar-refractivity contribution in [3.05, 3.63) is 41.5 Å². The minimum absolute atomic E-state index is 0.0198. The highest BCUT2D eigenvalue weighted by Gasteiger charge is 2.31. The van der Waals surface area contributed by atoms with Gasteiger partial charge in [0, 0.05) is 6.54 Å². The lowest BCUT2D eigenvalue weighted by Crippen LogP contribution is -2.23. The van der Waals surface area contributed by atoms with Gasteiger partial charge >= 0.3 is 0 Å². The highest BCUT2D eigenvalue weighted by Crippen LogP contribution is 2.32. The number of amides is 1. The molecule has 2 N–H and O–H groups in total. The quantitative estimate of drug-likeness (QED) is 0.874. The van der Waals surface area contributed by atoms with E-state index in [1.807, 2.05) is 25.1 Å². The summed E-state index contributed by atoms with van der Waals surface area (Å²) >= 11 is 0. The van der Waals surface area contributed by atoms with Crippen molar-refractivity contribution in [3.63, 3.8) is 0 Å². The maximum Gasteiger partial charge on any atom is 0.290 e. The molecule has 1 aromatic carbocycles. The molecule has 1 saturated heterocycles. The fraction of sp³-hybridized carbons (Fsp3) is 0.438. The molecule has 1 aliphatic heterocycles. The highest BCUT2D eigenvalue weighted by molar-refractivity contribution is 5.88. The van der Waals surface area contributed by atoms with E-state index >= 15 is 0 Å². The standard InChI is InChI=1S/C16H20N4O3/c1-2-22-12-6-3-5-11(9-12)10-20-8-4-7-13(20)16-18-15(14(17)21)19-23-16/h3,5-6,9,13H,2,4,7-8,10H2,1H3,(H2,17,21)/t13-/m0/s1. The first-order valence-electron chi connectivity index (χ1n) is 7.76. The second-order valence-corrected chi connectivity index (χ2v) is 5.53. The molecule has 2 aromatic rings. The van der Waals surface area contributed by atoms with Gasteiger partial charge in [-0.1, -0.05) is 17.3 Å². The molecule has 0 saturated carbocycles. The van der Waals surface area contributed by atoms with Crippen molar-refractivity contribution in [2.75, 3.05) is 13.2 Å². The van der Waals surface area contributed by atoms with E-state index in [4.69, 9.17) is 15.0 Å². The lowest BCUT2D eigenvalue weighted by Gasteiger charge is -2.21. The summed E-state index contributed by atoms with van der Waals surface area (Å²) in [5.74, 6) is 0.589. The Labute approximate surface area is 134 Å². The maximum atomic E-state index is 11.1. The topological polar surface area (TPSA) is 94.5 Å². The first kappa shape index (κ1) is 15.5. The summed E-state index contributed by atoms with van der Waals surface area (Å²) < 4.78 is 10.8. The third-order valence-electron chi connectivity index (χ3n) is 3.91. The molecule has 0 unspecified atom stereocenters. The minimum Gasteiger partial charge on any atom is -0.494 e. The Hall–Kier alpha value is -2.41. The van der Waals surface area contributed by atoms with Gasteiger partial charge in [0.15, 0.2) is 0 Å². The smallest absolute Gasteiger partial charge is 0.290 e. The van der Waals surface area contributed by atoms with Crippen LogP contribution in [-0.4, -0.2) is 34.1 Å². The molecule has 0 spiro atoms. The zero-order valence-electron chi connectivity index (χ0n) is 13.1. The normalized spacial score (nSPS) is 18.2. The second kappa shape index (κ2) is 6.78. The van der Waals surface area contributed by atoms with Gasteiger partial charge in [0.2, 0.25) is 5.89 Å². The van der Waals surface area contributed by atoms with Crippen LogP contribution in [0.4, 0.5) is 0 Å². The number of benzene rings is 1. The summed E-state index contributed by atoms with van der Waals surface area (Å²) in [5, 5.41) is 3.63. The van der Waals surface area contributed by atoms with Crippen molar-refractivity contribution in [1.29, 1.82) is 0 Å². The Bertz CT molecular complexity index is 685. The van der Waals surface area contributed by atoms with E-state index in [2.05, 4.69) is 21.1 Å². The molecule has 1 amide bonds. The number of ether oxygens (including phenoxy) is 1. The van der Waals surface area contributed by atoms with Crippen LogP contribution in [0.3, 0.4) is 0 Å². The Balaban J connectivity index is 1.73. The van der Waals surface area contributed by atoms with Gasteiger partial charge < -0.3 is 15.0 Å². The van der Waals surface area contributed by atoms with E-state index in [1.165, 1.54) is 0 Å². The minimum atomic E-state index is -0.672. The van der Waals surface area contributed by atoms with Gasteiger partial charge in [-0.05, 0) is 44.0 Å². The van der Waals surface area contributed by atoms with Crippen LogP contribution >= 0.6 is 0 Å². The fourth-order valence-electron chi connectivity index (χ4n) is 2.90. The van der Waals surface area contributed by atoms with E-state index in [1.54, 1.807) is 0 Å². The van der Waals surface area contributed by atoms with Crippen LogP contribution in [0.15, 0.2) is 28.8 Å². The van der Waals surface area contributed by atoms with Crippen molar-refractivity contribution in [2.45, 2.75) is 32.4 Å². The fourth-order valence-corrected chi connectivity index (χ4v) is 2.90. The summed E-state index contributed by atoms with van der Waals surface area (Å²) in [7, 11) is 0. The van der Waals surface area contributed by atoms with Crippen LogP contribution in [0, 0.1) is 0 Å². The number of nitrogens with zero attached hydrogens (tertiary/aromatic N) is 3. The van der Waals surface area contributed by atoms with E-state index in [0.717, 1.165) is 37.2 Å². The molecule has 1 atom stereocenters. The summed E-state index contributed by atoms with van der Waals surface area (Å²) in [6.45, 7) is 4.32. The van der Waals surface area contributed by atoms with Crippen LogP contribution in [0.5, 0.6) is 5.75 Å². The van der Waals surface area contributed by atoms with Gasteiger partial charge in [-0.15, -0.1) is 0 Å². The van der Waals surface area contributed by atoms with Gasteiger partial charge in [0.05, 0.1) is 12.6 Å². The molecule has 122 valence electrons. The number of hydrogen-bond acceptors (Lipinski definition) is 6. The van der Waals surface area contributed by atoms with Crippen molar-refractivity contribution in [3.8, 4) is 5.75 Å². The Morgan fingerprint density at radius 1 is 1.52 bits per heavy atom. The van der Waals surface area contributed by atoms with E-state index in [-0.39, 0.29) is 11.9 Å². The first-order chi connectivity index (χ1) is 11.2. The number of primary amides is 1. The number of hydrogen-bond donors (Lipinski definition) is 1. The van der Waals surface area contributed by atoms with Gasteiger partial charge in [-0.3, -0.25) is 9.69 Å². The summed E-state index contributed by atoms with van der Waals surface area (Å²) in [6, 6.07) is 8.07. The predicted molar refractivity (Wildman–Crippen MR) is 82.8 cm³/mol. The zero-order chi connectivity index (χ0) is 16.2. The molecule has 0 bridgehead atoms. The molecule has 0 radical (unpaired) electrons. The van der Waals surface area contributed by atoms with Gasteiger partial charge in [0.1, 0.15) is 5.75 Å². The average molecular weight is 316 g/mol. The largest absolute Gasteiger partial charge is 0.494 e. The lowest BCUT2D eigenvalue weighted by atomic mass is 10.1. The molecule has 1 aromatic heterocycles. The Morgan fingerprint density at radius 2 is 2.39 bits per heavy atom. The van der Waals surface area contributed by atoms with Crippen molar-refractivity contribution in [1.82, 2.24) is 15.0 Å². The van der Waals surface area contributed by atoms with E-state index in [0.29, 0.717) is 12.5 Å². The van der Waals surface area contributed by atoms with E-state index < -0.39 is 5.91 Å². The molecule has 0 aliphatic carbocycles. The van der Waals surface area contributed by atoms with Crippen molar-refractivity contribution < 1.29 is 14.1 Å². The molecule has 7 nitrogen and oxygen atoms in total. The molecular weight excluding hydrogens is 296 g/mol. The van der Waals surface area contributed by atoms with Gasteiger partial charge in [0.25, 0.3) is 11.7 Å². The van der Waals surface area contributed by atoms with Crippen LogP contribution in [0.1, 0.15) is 47.9 Å². The highest BCUT2D eigenvalue weighted by atomic mass is 16.5. The molecule has 7 heteroatoms. The van der Waals surface area contributed by atoms with Crippen molar-refractivity contribution in [2.24, 2.45) is 5.73 Å². The Kier molecular flexibility index (Phi) is 4.57. The molecule has 23 heavy (non-hydrogen) atoms. The zero-order valence-corrected chi connectivity index (χ0v) is 13.1. The number of nitrogens with two attached hydrogens (primary N) is 1. The predicted octanol–water partition coefficient (Wildman–Crippen LogP) is 1.90. The Morgan fingerprint density at radius 3 is 3.13 bits per heavy atom. The summed E-state index contributed by atoms with van der Waals surface area (Å²) in [4.78, 5) is 17.5. The molecule has 2 heterocycles. The number of carbonyl (C=O) groups is 1. The number of likely N-dealkylation sites (tertiary alicyclic amines) is 1. The lowest BCUT2D eigenvalue weighted by molar-refractivity contribution is 0.0987. The summed E-state index contributed by atoms with van der Waals surface area (Å²) in [6.07, 6.45) is 1.97. The maximum absolute atomic E-state index is 11.1. The first-order valence-corrected chi connectivity index (χ1v) is 7.76. The van der Waals surface area contributed by atoms with E-state index in [9.17, 15) is 4.79 Å². The van der Waals surface area contributed by atoms with Crippen LogP contribution in [0.2, 0.25) is 0 Å². The number of aromatic nitrogens is 2. The molecule has 1 fully saturated rings. The van der Waals surface area contributed by atoms with Crippen LogP contribution in [0.25, 0.3) is 0 Å².